The number of ether oxygens (including phenoxy) is 2. The molecule has 0 radical (unpaired) electrons. The van der Waals surface area contributed by atoms with Crippen LogP contribution < -0.4 is 14.8 Å². The second kappa shape index (κ2) is 14.2. The fraction of sp³-hybridized carbons (Fsp3) is 0.333. The van der Waals surface area contributed by atoms with Crippen molar-refractivity contribution < 1.29 is 23.5 Å². The summed E-state index contributed by atoms with van der Waals surface area (Å²) in [6.45, 7) is 6.66. The third-order valence-corrected chi connectivity index (χ3v) is 7.53. The van der Waals surface area contributed by atoms with Gasteiger partial charge in [-0.15, -0.1) is 0 Å². The molecular weight excluding hydrogens is 577 g/mol. The van der Waals surface area contributed by atoms with Crippen molar-refractivity contribution in [1.29, 1.82) is 0 Å². The van der Waals surface area contributed by atoms with E-state index in [1.54, 1.807) is 35.5 Å². The molecule has 2 aromatic carbocycles. The summed E-state index contributed by atoms with van der Waals surface area (Å²) in [6, 6.07) is 13.1. The summed E-state index contributed by atoms with van der Waals surface area (Å²) < 4.78 is 26.2. The molecule has 1 aliphatic heterocycles. The molecule has 2 atom stereocenters. The minimum absolute atomic E-state index is 0.107. The second-order valence-corrected chi connectivity index (χ2v) is 11.2. The van der Waals surface area contributed by atoms with Gasteiger partial charge >= 0.3 is 6.01 Å². The number of nitrogens with zero attached hydrogens (tertiary/aromatic N) is 6. The number of amides is 2. The predicted molar refractivity (Wildman–Crippen MR) is 165 cm³/mol. The van der Waals surface area contributed by atoms with E-state index in [1.165, 1.54) is 25.6 Å². The molecule has 5 rings (SSSR count). The zero-order valence-corrected chi connectivity index (χ0v) is 25.7. The minimum Gasteiger partial charge on any atom is -0.467 e. The highest BCUT2D eigenvalue weighted by molar-refractivity contribution is 5.89. The summed E-state index contributed by atoms with van der Waals surface area (Å²) >= 11 is 0. The summed E-state index contributed by atoms with van der Waals surface area (Å²) in [4.78, 5) is 47.3. The van der Waals surface area contributed by atoms with Crippen LogP contribution in [0.25, 0.3) is 11.4 Å². The van der Waals surface area contributed by atoms with E-state index in [-0.39, 0.29) is 49.4 Å². The highest BCUT2D eigenvalue weighted by atomic mass is 19.1. The number of nitrogens with one attached hydrogen (secondary N) is 1. The Morgan fingerprint density at radius 1 is 1.00 bits per heavy atom. The molecule has 1 saturated heterocycles. The predicted octanol–water partition coefficient (Wildman–Crippen LogP) is 4.25. The normalized spacial score (nSPS) is 16.8. The third kappa shape index (κ3) is 7.58. The van der Waals surface area contributed by atoms with Crippen LogP contribution in [0.2, 0.25) is 0 Å². The number of benzene rings is 2. The molecule has 4 aromatic rings. The molecule has 0 bridgehead atoms. The summed E-state index contributed by atoms with van der Waals surface area (Å²) in [5, 5.41) is 3.01. The van der Waals surface area contributed by atoms with Gasteiger partial charge in [0.1, 0.15) is 17.6 Å². The first-order valence-electron chi connectivity index (χ1n) is 14.7. The van der Waals surface area contributed by atoms with E-state index in [2.05, 4.69) is 25.3 Å². The monoisotopic (exact) mass is 613 g/mol. The minimum atomic E-state index is -0.772. The zero-order chi connectivity index (χ0) is 31.9. The Balaban J connectivity index is 1.31. The molecular formula is C33H36FN7O4. The van der Waals surface area contributed by atoms with Gasteiger partial charge in [0, 0.05) is 61.7 Å². The molecule has 2 aromatic heterocycles. The van der Waals surface area contributed by atoms with Crippen molar-refractivity contribution in [1.82, 2.24) is 35.1 Å². The molecule has 1 fully saturated rings. The molecule has 234 valence electrons. The standard InChI is InChI=1S/C33H36FN7O4/c1-21(2)32(43)41-22(3)18-40(19-26-27(34)7-5-8-29(26)45-25-16-38-33(44-4)39-17-25)20-28(41)31(42)37-15-23-9-11-24(12-10-23)30-35-13-6-14-36-30/h5-14,16-17,21-22,28H,15,18-20H2,1-4H3,(H,37,42)/t22-,28-/m1/s1. The number of carbonyl (C=O) groups excluding carboxylic acids is 2. The highest BCUT2D eigenvalue weighted by Gasteiger charge is 2.40. The van der Waals surface area contributed by atoms with Gasteiger partial charge in [0.05, 0.1) is 19.5 Å². The number of piperazine rings is 1. The van der Waals surface area contributed by atoms with Crippen molar-refractivity contribution in [2.24, 2.45) is 5.92 Å². The first kappa shape index (κ1) is 31.5. The van der Waals surface area contributed by atoms with Gasteiger partial charge in [0.15, 0.2) is 11.6 Å². The Morgan fingerprint density at radius 3 is 2.38 bits per heavy atom. The van der Waals surface area contributed by atoms with Gasteiger partial charge in [0.25, 0.3) is 0 Å². The second-order valence-electron chi connectivity index (χ2n) is 11.2. The SMILES string of the molecule is COc1ncc(Oc2cccc(F)c2CN2C[C@@H](C)N(C(=O)C(C)C)[C@@H](C(=O)NCc3ccc(-c4ncccn4)cc3)C2)cn1. The van der Waals surface area contributed by atoms with E-state index in [4.69, 9.17) is 9.47 Å². The molecule has 12 heteroatoms. The van der Waals surface area contributed by atoms with Crippen molar-refractivity contribution in [3.05, 3.63) is 90.3 Å². The number of methoxy groups -OCH3 is 1. The van der Waals surface area contributed by atoms with Crippen LogP contribution in [-0.2, 0) is 22.7 Å². The molecule has 2 amide bonds. The van der Waals surface area contributed by atoms with Gasteiger partial charge in [-0.25, -0.2) is 14.4 Å². The highest BCUT2D eigenvalue weighted by Crippen LogP contribution is 2.30. The average Bonchev–Trinajstić information content (AvgIpc) is 3.05. The Labute approximate surface area is 261 Å². The van der Waals surface area contributed by atoms with Crippen LogP contribution in [0, 0.1) is 11.7 Å². The van der Waals surface area contributed by atoms with E-state index in [0.29, 0.717) is 29.4 Å². The number of hydrogen-bond donors (Lipinski definition) is 1. The van der Waals surface area contributed by atoms with Crippen LogP contribution >= 0.6 is 0 Å². The summed E-state index contributed by atoms with van der Waals surface area (Å²) in [5.41, 5.74) is 2.08. The van der Waals surface area contributed by atoms with Crippen LogP contribution in [0.4, 0.5) is 4.39 Å². The molecule has 1 aliphatic rings. The smallest absolute Gasteiger partial charge is 0.316 e. The maximum atomic E-state index is 15.2. The molecule has 0 spiro atoms. The van der Waals surface area contributed by atoms with Crippen LogP contribution in [0.3, 0.4) is 0 Å². The van der Waals surface area contributed by atoms with Gasteiger partial charge in [-0.3, -0.25) is 14.5 Å². The van der Waals surface area contributed by atoms with E-state index < -0.39 is 11.9 Å². The number of halogens is 1. The Morgan fingerprint density at radius 2 is 1.71 bits per heavy atom. The van der Waals surface area contributed by atoms with Gasteiger partial charge < -0.3 is 19.7 Å². The Bertz CT molecular complexity index is 1600. The van der Waals surface area contributed by atoms with Crippen molar-refractivity contribution in [2.75, 3.05) is 20.2 Å². The van der Waals surface area contributed by atoms with Gasteiger partial charge in [-0.1, -0.05) is 44.2 Å². The van der Waals surface area contributed by atoms with Crippen molar-refractivity contribution in [2.45, 2.75) is 45.9 Å². The molecule has 1 N–H and O–H groups in total. The maximum Gasteiger partial charge on any atom is 0.316 e. The Hall–Kier alpha value is -4.97. The van der Waals surface area contributed by atoms with Crippen LogP contribution in [0.5, 0.6) is 17.5 Å². The third-order valence-electron chi connectivity index (χ3n) is 7.53. The van der Waals surface area contributed by atoms with E-state index >= 15 is 4.39 Å². The number of hydrogen-bond acceptors (Lipinski definition) is 9. The quantitative estimate of drug-likeness (QED) is 0.280. The molecule has 11 nitrogen and oxygen atoms in total. The summed E-state index contributed by atoms with van der Waals surface area (Å²) in [6.07, 6.45) is 6.26. The first-order chi connectivity index (χ1) is 21.7. The topological polar surface area (TPSA) is 123 Å². The largest absolute Gasteiger partial charge is 0.467 e. The number of aromatic nitrogens is 4. The lowest BCUT2D eigenvalue weighted by Crippen LogP contribution is -2.64. The van der Waals surface area contributed by atoms with Crippen LogP contribution in [-0.4, -0.2) is 73.8 Å². The van der Waals surface area contributed by atoms with E-state index in [9.17, 15) is 9.59 Å². The molecule has 45 heavy (non-hydrogen) atoms. The van der Waals surface area contributed by atoms with Gasteiger partial charge in [-0.05, 0) is 30.7 Å². The fourth-order valence-electron chi connectivity index (χ4n) is 5.31. The van der Waals surface area contributed by atoms with Gasteiger partial charge in [-0.2, -0.15) is 9.97 Å². The van der Waals surface area contributed by atoms with Crippen LogP contribution in [0.1, 0.15) is 31.9 Å². The van der Waals surface area contributed by atoms with E-state index in [0.717, 1.165) is 11.1 Å². The van der Waals surface area contributed by atoms with Gasteiger partial charge in [0.2, 0.25) is 11.8 Å². The molecule has 3 heterocycles. The lowest BCUT2D eigenvalue weighted by Gasteiger charge is -2.45. The van der Waals surface area contributed by atoms with Crippen molar-refractivity contribution in [3.8, 4) is 28.9 Å². The van der Waals surface area contributed by atoms with Crippen molar-refractivity contribution in [3.63, 3.8) is 0 Å². The lowest BCUT2D eigenvalue weighted by molar-refractivity contribution is -0.150. The first-order valence-corrected chi connectivity index (χ1v) is 14.7. The van der Waals surface area contributed by atoms with Crippen molar-refractivity contribution >= 4 is 11.8 Å². The molecule has 0 aliphatic carbocycles. The fourth-order valence-corrected chi connectivity index (χ4v) is 5.31. The zero-order valence-electron chi connectivity index (χ0n) is 25.7. The number of rotatable bonds is 10. The molecule has 0 saturated carbocycles. The lowest BCUT2D eigenvalue weighted by atomic mass is 10.0. The summed E-state index contributed by atoms with van der Waals surface area (Å²) in [5.74, 6) is 0.127. The molecule has 0 unspecified atom stereocenters. The number of carbonyl (C=O) groups is 2. The van der Waals surface area contributed by atoms with E-state index in [1.807, 2.05) is 49.9 Å². The van der Waals surface area contributed by atoms with Crippen LogP contribution in [0.15, 0.2) is 73.3 Å². The summed E-state index contributed by atoms with van der Waals surface area (Å²) in [7, 11) is 1.46. The Kier molecular flexibility index (Phi) is 9.93. The maximum absolute atomic E-state index is 15.2. The average molecular weight is 614 g/mol.